The monoisotopic (exact) mass is 260 g/mol. The van der Waals surface area contributed by atoms with Crippen LogP contribution in [0.3, 0.4) is 0 Å². The first-order valence-electron chi connectivity index (χ1n) is 4.28. The third kappa shape index (κ3) is 4.36. The van der Waals surface area contributed by atoms with E-state index in [2.05, 4.69) is 50.1 Å². The second-order valence-corrected chi connectivity index (χ2v) is 3.16. The minimum Gasteiger partial charge on any atom is -0.219 e. The molecule has 0 spiro atoms. The van der Waals surface area contributed by atoms with E-state index in [0.29, 0.717) is 5.92 Å². The van der Waals surface area contributed by atoms with Crippen LogP contribution >= 0.6 is 0 Å². The van der Waals surface area contributed by atoms with Gasteiger partial charge in [-0.2, -0.15) is 14.7 Å². The standard InChI is InChI=1S/C5H8O12/c6-10-14-11-7-3-8-12-15-17-16-13-9-5-1-4(5)2-5/h4,6H,1-3H2. The van der Waals surface area contributed by atoms with Crippen molar-refractivity contribution < 1.29 is 60.2 Å². The zero-order chi connectivity index (χ0) is 12.0. The van der Waals surface area contributed by atoms with Crippen LogP contribution in [0.1, 0.15) is 12.8 Å². The molecule has 12 nitrogen and oxygen atoms in total. The number of hydrogen-bond donors (Lipinski definition) is 1. The quantitative estimate of drug-likeness (QED) is 0.220. The van der Waals surface area contributed by atoms with Gasteiger partial charge >= 0.3 is 0 Å². The van der Waals surface area contributed by atoms with Crippen molar-refractivity contribution in [2.75, 3.05) is 6.79 Å². The molecule has 2 saturated carbocycles. The summed E-state index contributed by atoms with van der Waals surface area (Å²) < 4.78 is 0. The summed E-state index contributed by atoms with van der Waals surface area (Å²) in [6.07, 6.45) is 1.90. The van der Waals surface area contributed by atoms with Gasteiger partial charge in [0, 0.05) is 0 Å². The van der Waals surface area contributed by atoms with E-state index in [1.807, 2.05) is 0 Å². The molecule has 0 aromatic carbocycles. The van der Waals surface area contributed by atoms with Crippen LogP contribution < -0.4 is 0 Å². The smallest absolute Gasteiger partial charge is 0.219 e. The topological polar surface area (TPSA) is 122 Å². The molecule has 0 amide bonds. The fourth-order valence-corrected chi connectivity index (χ4v) is 1.02. The van der Waals surface area contributed by atoms with E-state index in [1.54, 1.807) is 0 Å². The Morgan fingerprint density at radius 1 is 0.882 bits per heavy atom. The summed E-state index contributed by atoms with van der Waals surface area (Å²) >= 11 is 0. The van der Waals surface area contributed by atoms with Gasteiger partial charge in [-0.3, -0.25) is 0 Å². The summed E-state index contributed by atoms with van der Waals surface area (Å²) in [4.78, 5) is 12.8. The lowest BCUT2D eigenvalue weighted by Gasteiger charge is -2.02. The van der Waals surface area contributed by atoms with Gasteiger partial charge in [-0.05, 0) is 59.1 Å². The minimum atomic E-state index is -0.602. The van der Waals surface area contributed by atoms with Crippen molar-refractivity contribution in [2.45, 2.75) is 18.4 Å². The summed E-state index contributed by atoms with van der Waals surface area (Å²) in [5.74, 6) is 0.564. The fraction of sp³-hybridized carbons (Fsp3) is 1.00. The first-order chi connectivity index (χ1) is 8.37. The van der Waals surface area contributed by atoms with Gasteiger partial charge in [0.1, 0.15) is 5.60 Å². The van der Waals surface area contributed by atoms with Gasteiger partial charge < -0.3 is 0 Å². The Labute approximate surface area is 92.5 Å². The molecule has 0 aromatic rings. The van der Waals surface area contributed by atoms with E-state index in [1.165, 1.54) is 0 Å². The van der Waals surface area contributed by atoms with Gasteiger partial charge in [0.05, 0.1) is 0 Å². The summed E-state index contributed by atoms with van der Waals surface area (Å²) in [6.45, 7) is -0.602. The molecule has 1 N–H and O–H groups in total. The Hall–Kier alpha value is -0.480. The average Bonchev–Trinajstić information content (AvgIpc) is 3.15. The van der Waals surface area contributed by atoms with Crippen LogP contribution in [0.5, 0.6) is 0 Å². The highest BCUT2D eigenvalue weighted by Gasteiger charge is 2.73. The van der Waals surface area contributed by atoms with Crippen molar-refractivity contribution in [2.24, 2.45) is 5.92 Å². The summed E-state index contributed by atoms with van der Waals surface area (Å²) in [5, 5.41) is 37.1. The van der Waals surface area contributed by atoms with Gasteiger partial charge in [-0.15, -0.1) is 0 Å². The van der Waals surface area contributed by atoms with Crippen molar-refractivity contribution in [3.05, 3.63) is 0 Å². The van der Waals surface area contributed by atoms with Crippen molar-refractivity contribution in [3.8, 4) is 0 Å². The molecule has 2 fully saturated rings. The third-order valence-electron chi connectivity index (χ3n) is 2.17. The Morgan fingerprint density at radius 2 is 1.47 bits per heavy atom. The number of hydrogen-bond acceptors (Lipinski definition) is 12. The normalized spacial score (nSPS) is 29.1. The average molecular weight is 260 g/mol. The van der Waals surface area contributed by atoms with Crippen molar-refractivity contribution in [1.29, 1.82) is 0 Å². The van der Waals surface area contributed by atoms with Crippen LogP contribution in [0.4, 0.5) is 0 Å². The van der Waals surface area contributed by atoms with E-state index in [4.69, 9.17) is 10.1 Å². The van der Waals surface area contributed by atoms with E-state index in [9.17, 15) is 0 Å². The van der Waals surface area contributed by atoms with Crippen LogP contribution in [-0.4, -0.2) is 17.7 Å². The molecule has 0 aromatic heterocycles. The summed E-state index contributed by atoms with van der Waals surface area (Å²) in [7, 11) is 0. The fourth-order valence-electron chi connectivity index (χ4n) is 1.02. The first-order valence-corrected chi connectivity index (χ1v) is 4.28. The van der Waals surface area contributed by atoms with Gasteiger partial charge in [0.2, 0.25) is 6.79 Å². The van der Waals surface area contributed by atoms with Crippen molar-refractivity contribution >= 4 is 0 Å². The van der Waals surface area contributed by atoms with Gasteiger partial charge in [-0.1, -0.05) is 0 Å². The largest absolute Gasteiger partial charge is 0.221 e. The second-order valence-electron chi connectivity index (χ2n) is 3.16. The highest BCUT2D eigenvalue weighted by atomic mass is 17.9. The van der Waals surface area contributed by atoms with Crippen LogP contribution in [0.25, 0.3) is 0 Å². The lowest BCUT2D eigenvalue weighted by molar-refractivity contribution is -0.798. The molecule has 2 aliphatic rings. The predicted molar refractivity (Wildman–Crippen MR) is 34.9 cm³/mol. The van der Waals surface area contributed by atoms with E-state index < -0.39 is 6.79 Å². The molecular formula is C5H8O12. The molecule has 0 radical (unpaired) electrons. The lowest BCUT2D eigenvalue weighted by Crippen LogP contribution is -2.07. The molecule has 2 aliphatic carbocycles. The van der Waals surface area contributed by atoms with Gasteiger partial charge in [0.15, 0.2) is 0 Å². The Balaban J connectivity index is 1.23. The molecule has 0 bridgehead atoms. The zero-order valence-electron chi connectivity index (χ0n) is 8.14. The zero-order valence-corrected chi connectivity index (χ0v) is 8.14. The van der Waals surface area contributed by atoms with E-state index in [-0.39, 0.29) is 5.60 Å². The van der Waals surface area contributed by atoms with Crippen LogP contribution in [0.2, 0.25) is 0 Å². The maximum absolute atomic E-state index is 7.57. The minimum absolute atomic E-state index is 0.180. The Morgan fingerprint density at radius 3 is 2.12 bits per heavy atom. The molecule has 17 heavy (non-hydrogen) atoms. The second kappa shape index (κ2) is 6.45. The molecular weight excluding hydrogens is 252 g/mol. The third-order valence-corrected chi connectivity index (χ3v) is 2.17. The highest BCUT2D eigenvalue weighted by Crippen LogP contribution is 2.69. The molecule has 12 heteroatoms. The molecule has 0 aliphatic heterocycles. The molecule has 0 atom stereocenters. The number of rotatable bonds is 12. The predicted octanol–water partition coefficient (Wildman–Crippen LogP) is -0.00310. The maximum Gasteiger partial charge on any atom is 0.221 e. The molecule has 0 unspecified atom stereocenters. The Kier molecular flexibility index (Phi) is 4.92. The van der Waals surface area contributed by atoms with Crippen molar-refractivity contribution in [3.63, 3.8) is 0 Å². The van der Waals surface area contributed by atoms with E-state index >= 15 is 0 Å². The maximum atomic E-state index is 7.57. The molecule has 100 valence electrons. The molecule has 2 rings (SSSR count). The molecule has 0 saturated heterocycles. The summed E-state index contributed by atoms with van der Waals surface area (Å²) in [5.41, 5.74) is -0.180. The first kappa shape index (κ1) is 13.0. The lowest BCUT2D eigenvalue weighted by atomic mass is 10.4. The van der Waals surface area contributed by atoms with Gasteiger partial charge in [0.25, 0.3) is 0 Å². The Bertz CT molecular complexity index is 215. The van der Waals surface area contributed by atoms with Crippen LogP contribution in [-0.2, 0) is 55.0 Å². The SMILES string of the molecule is OOOOOCOOOOOOOC12CC1C2. The summed E-state index contributed by atoms with van der Waals surface area (Å²) in [6, 6.07) is 0. The van der Waals surface area contributed by atoms with Crippen LogP contribution in [0, 0.1) is 5.92 Å². The van der Waals surface area contributed by atoms with Crippen molar-refractivity contribution in [1.82, 2.24) is 0 Å². The van der Waals surface area contributed by atoms with E-state index in [0.717, 1.165) is 12.8 Å². The highest BCUT2D eigenvalue weighted by molar-refractivity contribution is 5.21. The number of fused-ring (bicyclic) bond motifs is 1. The van der Waals surface area contributed by atoms with Crippen LogP contribution in [0.15, 0.2) is 0 Å². The molecule has 0 heterocycles. The van der Waals surface area contributed by atoms with Gasteiger partial charge in [-0.25, -0.2) is 5.26 Å².